The van der Waals surface area contributed by atoms with Crippen LogP contribution >= 0.6 is 0 Å². The van der Waals surface area contributed by atoms with Crippen molar-refractivity contribution in [2.45, 2.75) is 6.92 Å². The third kappa shape index (κ3) is 2.14. The van der Waals surface area contributed by atoms with Crippen molar-refractivity contribution in [2.24, 2.45) is 0 Å². The van der Waals surface area contributed by atoms with E-state index in [-0.39, 0.29) is 11.8 Å². The molecule has 0 radical (unpaired) electrons. The normalized spacial score (nSPS) is 15.9. The van der Waals surface area contributed by atoms with Crippen molar-refractivity contribution >= 4 is 23.5 Å². The number of hydrogen-bond donors (Lipinski definition) is 1. The van der Waals surface area contributed by atoms with Crippen LogP contribution in [0.5, 0.6) is 0 Å². The highest BCUT2D eigenvalue weighted by molar-refractivity contribution is 6.33. The number of benzene rings is 2. The van der Waals surface area contributed by atoms with Gasteiger partial charge in [-0.15, -0.1) is 0 Å². The molecule has 98 valence electrons. The second-order valence-electron chi connectivity index (χ2n) is 4.80. The van der Waals surface area contributed by atoms with Gasteiger partial charge < -0.3 is 0 Å². The van der Waals surface area contributed by atoms with Gasteiger partial charge in [0.2, 0.25) is 0 Å². The molecule has 2 amide bonds. The molecule has 2 aromatic carbocycles. The van der Waals surface area contributed by atoms with Gasteiger partial charge in [0.15, 0.2) is 0 Å². The highest BCUT2D eigenvalue weighted by Crippen LogP contribution is 2.26. The summed E-state index contributed by atoms with van der Waals surface area (Å²) >= 11 is 0. The number of hydrogen-bond acceptors (Lipinski definition) is 2. The lowest BCUT2D eigenvalue weighted by Crippen LogP contribution is -2.36. The lowest BCUT2D eigenvalue weighted by atomic mass is 9.93. The van der Waals surface area contributed by atoms with Crippen molar-refractivity contribution in [3.63, 3.8) is 0 Å². The number of amides is 2. The molecule has 0 atom stereocenters. The predicted octanol–water partition coefficient (Wildman–Crippen LogP) is 2.81. The molecule has 0 bridgehead atoms. The van der Waals surface area contributed by atoms with Crippen LogP contribution in [0.3, 0.4) is 0 Å². The van der Waals surface area contributed by atoms with Gasteiger partial charge in [0.1, 0.15) is 0 Å². The Balaban J connectivity index is 2.16. The molecule has 1 heterocycles. The van der Waals surface area contributed by atoms with Crippen molar-refractivity contribution in [2.75, 3.05) is 0 Å². The van der Waals surface area contributed by atoms with Gasteiger partial charge in [0, 0.05) is 11.1 Å². The van der Waals surface area contributed by atoms with Crippen LogP contribution in [0.25, 0.3) is 11.6 Å². The molecule has 0 aliphatic carbocycles. The van der Waals surface area contributed by atoms with Gasteiger partial charge in [-0.2, -0.15) is 0 Å². The number of rotatable bonds is 1. The maximum absolute atomic E-state index is 12.1. The minimum atomic E-state index is -0.352. The Bertz CT molecular complexity index is 744. The highest BCUT2D eigenvalue weighted by Gasteiger charge is 2.26. The Kier molecular flexibility index (Phi) is 2.95. The molecular formula is C17H13NO2. The summed E-state index contributed by atoms with van der Waals surface area (Å²) in [6.07, 6.45) is 1.81. The molecule has 20 heavy (non-hydrogen) atoms. The molecule has 3 nitrogen and oxygen atoms in total. The zero-order chi connectivity index (χ0) is 14.1. The molecule has 0 saturated carbocycles. The quantitative estimate of drug-likeness (QED) is 0.635. The van der Waals surface area contributed by atoms with Gasteiger partial charge >= 0.3 is 0 Å². The van der Waals surface area contributed by atoms with Crippen LogP contribution in [0, 0.1) is 6.92 Å². The fourth-order valence-corrected chi connectivity index (χ4v) is 2.35. The van der Waals surface area contributed by atoms with E-state index >= 15 is 0 Å². The zero-order valence-corrected chi connectivity index (χ0v) is 11.0. The summed E-state index contributed by atoms with van der Waals surface area (Å²) in [4.78, 5) is 23.8. The maximum Gasteiger partial charge on any atom is 0.258 e. The van der Waals surface area contributed by atoms with Gasteiger partial charge in [-0.05, 0) is 30.2 Å². The molecule has 1 aliphatic heterocycles. The predicted molar refractivity (Wildman–Crippen MR) is 78.0 cm³/mol. The molecule has 3 heteroatoms. The standard InChI is InChI=1S/C17H13NO2/c1-11-5-4-6-12(9-11)10-15-13-7-2-3-8-14(13)16(19)18-17(15)20/h2-10H,1H3,(H,18,19,20)/b15-10-. The molecule has 3 rings (SSSR count). The molecular weight excluding hydrogens is 250 g/mol. The van der Waals surface area contributed by atoms with E-state index in [0.717, 1.165) is 11.1 Å². The SMILES string of the molecule is Cc1cccc(/C=C2\C(=O)NC(=O)c3ccccc32)c1. The Morgan fingerprint density at radius 3 is 2.40 bits per heavy atom. The van der Waals surface area contributed by atoms with Gasteiger partial charge in [-0.25, -0.2) is 0 Å². The fourth-order valence-electron chi connectivity index (χ4n) is 2.35. The van der Waals surface area contributed by atoms with Gasteiger partial charge in [-0.1, -0.05) is 48.0 Å². The zero-order valence-electron chi connectivity index (χ0n) is 11.0. The topological polar surface area (TPSA) is 46.2 Å². The largest absolute Gasteiger partial charge is 0.288 e. The molecule has 0 aromatic heterocycles. The van der Waals surface area contributed by atoms with Crippen LogP contribution < -0.4 is 5.32 Å². The second kappa shape index (κ2) is 4.78. The molecule has 0 fully saturated rings. The lowest BCUT2D eigenvalue weighted by molar-refractivity contribution is -0.114. The lowest BCUT2D eigenvalue weighted by Gasteiger charge is -2.18. The number of carbonyl (C=O) groups is 2. The number of carbonyl (C=O) groups excluding carboxylic acids is 2. The van der Waals surface area contributed by atoms with Crippen LogP contribution in [0.1, 0.15) is 27.0 Å². The van der Waals surface area contributed by atoms with Crippen molar-refractivity contribution in [1.82, 2.24) is 5.32 Å². The van der Waals surface area contributed by atoms with Crippen molar-refractivity contribution < 1.29 is 9.59 Å². The second-order valence-corrected chi connectivity index (χ2v) is 4.80. The van der Waals surface area contributed by atoms with E-state index in [1.165, 1.54) is 0 Å². The first kappa shape index (κ1) is 12.4. The van der Waals surface area contributed by atoms with E-state index in [9.17, 15) is 9.59 Å². The third-order valence-corrected chi connectivity index (χ3v) is 3.29. The van der Waals surface area contributed by atoms with E-state index in [1.54, 1.807) is 18.2 Å². The van der Waals surface area contributed by atoms with Crippen LogP contribution in [0.4, 0.5) is 0 Å². The first-order valence-corrected chi connectivity index (χ1v) is 6.38. The Morgan fingerprint density at radius 1 is 0.900 bits per heavy atom. The summed E-state index contributed by atoms with van der Waals surface area (Å²) in [7, 11) is 0. The Labute approximate surface area is 116 Å². The van der Waals surface area contributed by atoms with Gasteiger partial charge in [-0.3, -0.25) is 14.9 Å². The average molecular weight is 263 g/mol. The van der Waals surface area contributed by atoms with Crippen LogP contribution in [0.15, 0.2) is 48.5 Å². The first-order valence-electron chi connectivity index (χ1n) is 6.38. The van der Waals surface area contributed by atoms with E-state index in [0.29, 0.717) is 16.7 Å². The number of imide groups is 1. The monoisotopic (exact) mass is 263 g/mol. The summed E-state index contributed by atoms with van der Waals surface area (Å²) in [5.74, 6) is -0.692. The fraction of sp³-hybridized carbons (Fsp3) is 0.0588. The van der Waals surface area contributed by atoms with Crippen LogP contribution in [-0.4, -0.2) is 11.8 Å². The Hall–Kier alpha value is -2.68. The van der Waals surface area contributed by atoms with Crippen LogP contribution in [0.2, 0.25) is 0 Å². The summed E-state index contributed by atoms with van der Waals surface area (Å²) in [5, 5.41) is 2.37. The highest BCUT2D eigenvalue weighted by atomic mass is 16.2. The van der Waals surface area contributed by atoms with E-state index in [1.807, 2.05) is 43.3 Å². The number of nitrogens with one attached hydrogen (secondary N) is 1. The van der Waals surface area contributed by atoms with E-state index in [4.69, 9.17) is 0 Å². The molecule has 0 saturated heterocycles. The molecule has 0 spiro atoms. The minimum Gasteiger partial charge on any atom is -0.288 e. The summed E-state index contributed by atoms with van der Waals surface area (Å²) in [6.45, 7) is 2.00. The van der Waals surface area contributed by atoms with Crippen molar-refractivity contribution in [3.05, 3.63) is 70.8 Å². The van der Waals surface area contributed by atoms with Gasteiger partial charge in [0.05, 0.1) is 0 Å². The molecule has 1 aliphatic rings. The smallest absolute Gasteiger partial charge is 0.258 e. The summed E-state index contributed by atoms with van der Waals surface area (Å²) in [6, 6.07) is 15.0. The summed E-state index contributed by atoms with van der Waals surface area (Å²) in [5.41, 5.74) is 3.80. The minimum absolute atomic E-state index is 0.341. The van der Waals surface area contributed by atoms with Crippen LogP contribution in [-0.2, 0) is 4.79 Å². The average Bonchev–Trinajstić information content (AvgIpc) is 2.43. The molecule has 0 unspecified atom stereocenters. The third-order valence-electron chi connectivity index (χ3n) is 3.29. The van der Waals surface area contributed by atoms with Crippen molar-refractivity contribution in [1.29, 1.82) is 0 Å². The first-order chi connectivity index (χ1) is 9.65. The maximum atomic E-state index is 12.1. The Morgan fingerprint density at radius 2 is 1.65 bits per heavy atom. The van der Waals surface area contributed by atoms with Gasteiger partial charge in [0.25, 0.3) is 11.8 Å². The molecule has 1 N–H and O–H groups in total. The number of fused-ring (bicyclic) bond motifs is 1. The van der Waals surface area contributed by atoms with E-state index < -0.39 is 0 Å². The number of aryl methyl sites for hydroxylation is 1. The summed E-state index contributed by atoms with van der Waals surface area (Å²) < 4.78 is 0. The van der Waals surface area contributed by atoms with Crippen molar-refractivity contribution in [3.8, 4) is 0 Å². The molecule has 2 aromatic rings. The van der Waals surface area contributed by atoms with E-state index in [2.05, 4.69) is 5.32 Å².